The van der Waals surface area contributed by atoms with Crippen LogP contribution in [0.15, 0.2) is 59.0 Å². The van der Waals surface area contributed by atoms with Gasteiger partial charge in [0, 0.05) is 10.8 Å². The van der Waals surface area contributed by atoms with E-state index in [0.717, 1.165) is 21.5 Å². The van der Waals surface area contributed by atoms with E-state index < -0.39 is 0 Å². The molecule has 1 nitrogen and oxygen atoms in total. The van der Waals surface area contributed by atoms with E-state index in [1.807, 2.05) is 54.6 Å². The molecule has 0 unspecified atom stereocenters. The number of hydrogen-bond donors (Lipinski definition) is 0. The number of fused-ring (bicyclic) bond motifs is 9. The highest BCUT2D eigenvalue weighted by Gasteiger charge is 2.30. The molecule has 0 N–H and O–H groups in total. The molecule has 0 fully saturated rings. The Morgan fingerprint density at radius 1 is 0.222 bits per heavy atom. The largest absolute Gasteiger partial charge is 0.457 e. The molecule has 72 heavy (non-hydrogen) atoms. The summed E-state index contributed by atoms with van der Waals surface area (Å²) in [5, 5.41) is 5.43. The highest BCUT2D eigenvalue weighted by atomic mass is 16.3. The van der Waals surface area contributed by atoms with Crippen LogP contribution in [0, 0.1) is 0 Å². The zero-order valence-electron chi connectivity index (χ0n) is 38.2. The predicted octanol–water partition coefficient (Wildman–Crippen LogP) is -11.0. The number of rotatable bonds is 3. The minimum Gasteiger partial charge on any atom is -0.457 e. The van der Waals surface area contributed by atoms with Crippen LogP contribution >= 0.6 is 0 Å². The predicted molar refractivity (Wildman–Crippen MR) is 331 cm³/mol. The highest BCUT2D eigenvalue weighted by molar-refractivity contribution is 6.75. The summed E-state index contributed by atoms with van der Waals surface area (Å²) in [5.41, 5.74) is 0.407. The molecule has 0 aliphatic rings. The normalized spacial score (nSPS) is 11.9. The zero-order chi connectivity index (χ0) is 51.7. The monoisotopic (exact) mass is 856 g/mol. The molecule has 0 aliphatic carbocycles. The van der Waals surface area contributed by atoms with Crippen molar-refractivity contribution < 1.29 is 4.42 Å². The number of benzene rings is 10. The van der Waals surface area contributed by atoms with Crippen LogP contribution in [0.5, 0.6) is 0 Å². The Morgan fingerprint density at radius 2 is 0.542 bits per heavy atom. The smallest absolute Gasteiger partial charge is 0.128 e. The number of furan rings is 1. The molecule has 0 bridgehead atoms. The van der Waals surface area contributed by atoms with Gasteiger partial charge in [-0.3, -0.25) is 0 Å². The van der Waals surface area contributed by atoms with Gasteiger partial charge in [-0.15, -0.1) is 32.8 Å². The van der Waals surface area contributed by atoms with Gasteiger partial charge in [0.05, 0.1) is 0 Å². The average molecular weight is 853 g/mol. The molecule has 0 amide bonds. The molecule has 22 heteroatoms. The van der Waals surface area contributed by atoms with Crippen molar-refractivity contribution in [2.75, 3.05) is 0 Å². The fourth-order valence-electron chi connectivity index (χ4n) is 10.8. The van der Waals surface area contributed by atoms with E-state index in [1.54, 1.807) is 0 Å². The van der Waals surface area contributed by atoms with E-state index in [4.69, 9.17) is 169 Å². The summed E-state index contributed by atoms with van der Waals surface area (Å²) in [7, 11) is 144. The molecule has 0 saturated carbocycles. The Morgan fingerprint density at radius 3 is 1.03 bits per heavy atom. The van der Waals surface area contributed by atoms with Crippen LogP contribution in [0.1, 0.15) is 0 Å². The summed E-state index contributed by atoms with van der Waals surface area (Å²) < 4.78 is 6.41. The molecular weight excluding hydrogens is 844 g/mol. The fraction of sp³-hybridized carbons (Fsp3) is 0. The van der Waals surface area contributed by atoms with Gasteiger partial charge in [0.2, 0.25) is 0 Å². The van der Waals surface area contributed by atoms with E-state index in [9.17, 15) is 0 Å². The first kappa shape index (κ1) is 48.9. The summed E-state index contributed by atoms with van der Waals surface area (Å²) in [5.74, 6) is 0. The molecule has 278 valence electrons. The first-order valence-corrected chi connectivity index (χ1v) is 22.0. The summed E-state index contributed by atoms with van der Waals surface area (Å²) in [4.78, 5) is 0. The highest BCUT2D eigenvalue weighted by Crippen LogP contribution is 2.44. The molecule has 0 aliphatic heterocycles. The molecule has 11 rings (SSSR count). The third-order valence-corrected chi connectivity index (χ3v) is 14.5. The Balaban J connectivity index is 1.29. The third-order valence-electron chi connectivity index (χ3n) is 14.5. The maximum atomic E-state index is 7.23. The minimum atomic E-state index is -0.169. The van der Waals surface area contributed by atoms with Crippen LogP contribution < -0.4 is 115 Å². The first-order chi connectivity index (χ1) is 34.1. The summed E-state index contributed by atoms with van der Waals surface area (Å²) >= 11 is 0. The quantitative estimate of drug-likeness (QED) is 0.0980. The summed E-state index contributed by atoms with van der Waals surface area (Å²) in [6.45, 7) is 0. The Hall–Kier alpha value is -5.34. The van der Waals surface area contributed by atoms with E-state index in [2.05, 4.69) is 0 Å². The standard InChI is InChI=1S/C50H9B21O/c51-28-22-24(39(62)48(71)47(70)38(22)61)41(64)49-26(28)27-40(63)37(60)25(42(65)50(27)72-49)23-35(58)33(56)21(34(57)36(23)59)16-19-17(29(52)43(66)45(68)31(19)54)15(18-20(16)32(55)46(69)44(67)30(18)53)14-9-10-5-1-2-6-11(10)12-7-3-4-8-13(12)14/h1-9H. The van der Waals surface area contributed by atoms with E-state index in [-0.39, 0.29) is 180 Å². The molecule has 1 aromatic heterocycles. The van der Waals surface area contributed by atoms with Crippen LogP contribution in [0.4, 0.5) is 0 Å². The second-order valence-corrected chi connectivity index (χ2v) is 18.0. The van der Waals surface area contributed by atoms with Crippen LogP contribution in [-0.2, 0) is 0 Å². The van der Waals surface area contributed by atoms with Gasteiger partial charge in [-0.2, -0.15) is 0 Å². The van der Waals surface area contributed by atoms with Gasteiger partial charge in [0.1, 0.15) is 176 Å². The molecule has 11 aromatic rings. The second kappa shape index (κ2) is 16.8. The van der Waals surface area contributed by atoms with Gasteiger partial charge in [-0.05, 0) is 104 Å². The lowest BCUT2D eigenvalue weighted by Crippen LogP contribution is -2.51. The van der Waals surface area contributed by atoms with Crippen LogP contribution in [0.25, 0.3) is 109 Å². The third kappa shape index (κ3) is 6.26. The molecule has 10 aromatic carbocycles. The number of hydrogen-bond acceptors (Lipinski definition) is 1. The van der Waals surface area contributed by atoms with Crippen LogP contribution in [0.3, 0.4) is 0 Å². The van der Waals surface area contributed by atoms with Crippen molar-refractivity contribution in [2.24, 2.45) is 0 Å². The molecule has 0 atom stereocenters. The van der Waals surface area contributed by atoms with Crippen molar-refractivity contribution in [3.63, 3.8) is 0 Å². The van der Waals surface area contributed by atoms with Gasteiger partial charge in [0.25, 0.3) is 0 Å². The molecule has 1 heterocycles. The van der Waals surface area contributed by atoms with Crippen molar-refractivity contribution in [1.29, 1.82) is 0 Å². The Labute approximate surface area is 444 Å². The lowest BCUT2D eigenvalue weighted by molar-refractivity contribution is 0.675. The van der Waals surface area contributed by atoms with E-state index in [1.165, 1.54) is 0 Å². The maximum Gasteiger partial charge on any atom is 0.128 e. The van der Waals surface area contributed by atoms with Gasteiger partial charge in [-0.1, -0.05) is 120 Å². The van der Waals surface area contributed by atoms with Crippen molar-refractivity contribution in [3.05, 3.63) is 54.6 Å². The first-order valence-electron chi connectivity index (χ1n) is 22.0. The molecule has 42 radical (unpaired) electrons. The average Bonchev–Trinajstić information content (AvgIpc) is 3.79. The van der Waals surface area contributed by atoms with Crippen molar-refractivity contribution in [2.45, 2.75) is 0 Å². The van der Waals surface area contributed by atoms with Gasteiger partial charge in [-0.25, -0.2) is 0 Å². The molecule has 0 saturated heterocycles. The van der Waals surface area contributed by atoms with Crippen molar-refractivity contribution >= 4 is 355 Å². The Kier molecular flexibility index (Phi) is 11.4. The Bertz CT molecular complexity index is 4300. The molecular formula is C50H9B21O. The molecule has 0 spiro atoms. The second-order valence-electron chi connectivity index (χ2n) is 18.0. The lowest BCUT2D eigenvalue weighted by atomic mass is 9.56. The van der Waals surface area contributed by atoms with Crippen LogP contribution in [-0.4, -0.2) is 165 Å². The fourth-order valence-corrected chi connectivity index (χ4v) is 10.8. The van der Waals surface area contributed by atoms with Gasteiger partial charge >= 0.3 is 0 Å². The van der Waals surface area contributed by atoms with E-state index in [0.29, 0.717) is 21.9 Å². The van der Waals surface area contributed by atoms with Gasteiger partial charge < -0.3 is 4.42 Å². The van der Waals surface area contributed by atoms with E-state index >= 15 is 0 Å². The summed E-state index contributed by atoms with van der Waals surface area (Å²) in [6, 6.07) is 17.7. The van der Waals surface area contributed by atoms with Crippen molar-refractivity contribution in [3.8, 4) is 33.4 Å². The van der Waals surface area contributed by atoms with Crippen molar-refractivity contribution in [1.82, 2.24) is 0 Å². The van der Waals surface area contributed by atoms with Gasteiger partial charge in [0.15, 0.2) is 0 Å². The minimum absolute atomic E-state index is 0.00280. The lowest BCUT2D eigenvalue weighted by Gasteiger charge is -2.32. The van der Waals surface area contributed by atoms with Crippen LogP contribution in [0.2, 0.25) is 0 Å². The topological polar surface area (TPSA) is 13.1 Å². The maximum absolute atomic E-state index is 7.23. The SMILES string of the molecule is [B]c1c([B])c(-c2c3c([B])c([B])c([B])c([B])c3c(-c3cc4ccccc4c4ccccc34)c3c([B])c([B])c([B])c([B])c23)c([B])c([B])c1-c1c([B])c([B])c2c(oc3c([B])c4c([B])c([B])c([B])c([B])c4c([B])c32)c1[B]. The zero-order valence-corrected chi connectivity index (χ0v) is 38.2. The summed E-state index contributed by atoms with van der Waals surface area (Å²) in [6.07, 6.45) is 0.